The largest absolute Gasteiger partial charge is 0.354 e. The van der Waals surface area contributed by atoms with E-state index in [9.17, 15) is 4.79 Å². The van der Waals surface area contributed by atoms with E-state index in [0.29, 0.717) is 11.8 Å². The van der Waals surface area contributed by atoms with Crippen LogP contribution in [0.4, 0.5) is 5.82 Å². The molecule has 5 heterocycles. The standard InChI is InChI=1S/C16H17N7O/c1-21-15-14(19-20-21)16(18-9-17-15)22-6-10-5-11(8-22)12-3-2-4-13(24)23(12)7-10/h2-4,9-11H,5-8H2,1H3. The van der Waals surface area contributed by atoms with E-state index in [0.717, 1.165) is 48.7 Å². The van der Waals surface area contributed by atoms with Crippen LogP contribution in [0.2, 0.25) is 0 Å². The topological polar surface area (TPSA) is 81.7 Å². The van der Waals surface area contributed by atoms with Gasteiger partial charge in [-0.3, -0.25) is 4.79 Å². The SMILES string of the molecule is Cn1nnc2c(N3CC4CC(C3)c3cccc(=O)n3C4)ncnc21. The predicted octanol–water partition coefficient (Wildman–Crippen LogP) is 0.544. The molecule has 2 bridgehead atoms. The van der Waals surface area contributed by atoms with Gasteiger partial charge in [-0.05, 0) is 18.4 Å². The Balaban J connectivity index is 1.57. The van der Waals surface area contributed by atoms with E-state index in [4.69, 9.17) is 0 Å². The van der Waals surface area contributed by atoms with Gasteiger partial charge in [-0.25, -0.2) is 14.6 Å². The van der Waals surface area contributed by atoms with Gasteiger partial charge in [0.1, 0.15) is 6.33 Å². The molecule has 2 aliphatic heterocycles. The fourth-order valence-electron chi connectivity index (χ4n) is 4.14. The highest BCUT2D eigenvalue weighted by Gasteiger charge is 2.35. The van der Waals surface area contributed by atoms with Gasteiger partial charge in [0, 0.05) is 44.4 Å². The lowest BCUT2D eigenvalue weighted by Crippen LogP contribution is -2.47. The lowest BCUT2D eigenvalue weighted by molar-refractivity contribution is 0.281. The van der Waals surface area contributed by atoms with Crippen molar-refractivity contribution in [3.05, 3.63) is 40.6 Å². The Morgan fingerprint density at radius 2 is 2.08 bits per heavy atom. The van der Waals surface area contributed by atoms with Gasteiger partial charge in [0.25, 0.3) is 5.56 Å². The summed E-state index contributed by atoms with van der Waals surface area (Å²) >= 11 is 0. The van der Waals surface area contributed by atoms with Crippen molar-refractivity contribution < 1.29 is 0 Å². The van der Waals surface area contributed by atoms with E-state index in [1.54, 1.807) is 17.1 Å². The van der Waals surface area contributed by atoms with Crippen LogP contribution in [0.5, 0.6) is 0 Å². The maximum atomic E-state index is 12.1. The number of piperidine rings is 1. The first-order valence-electron chi connectivity index (χ1n) is 8.16. The molecule has 122 valence electrons. The second-order valence-corrected chi connectivity index (χ2v) is 6.69. The van der Waals surface area contributed by atoms with Crippen LogP contribution in [-0.4, -0.2) is 42.6 Å². The van der Waals surface area contributed by atoms with Crippen LogP contribution in [0.15, 0.2) is 29.3 Å². The Kier molecular flexibility index (Phi) is 2.76. The Morgan fingerprint density at radius 1 is 1.17 bits per heavy atom. The Labute approximate surface area is 137 Å². The molecule has 8 nitrogen and oxygen atoms in total. The number of aromatic nitrogens is 6. The average molecular weight is 323 g/mol. The van der Waals surface area contributed by atoms with Crippen LogP contribution < -0.4 is 10.5 Å². The number of pyridine rings is 1. The summed E-state index contributed by atoms with van der Waals surface area (Å²) in [5.41, 5.74) is 2.72. The zero-order valence-electron chi connectivity index (χ0n) is 13.3. The summed E-state index contributed by atoms with van der Waals surface area (Å²) in [5, 5.41) is 8.30. The van der Waals surface area contributed by atoms with E-state index < -0.39 is 0 Å². The molecule has 5 rings (SSSR count). The van der Waals surface area contributed by atoms with Crippen molar-refractivity contribution in [2.24, 2.45) is 13.0 Å². The van der Waals surface area contributed by atoms with Gasteiger partial charge in [-0.1, -0.05) is 11.3 Å². The van der Waals surface area contributed by atoms with Gasteiger partial charge in [-0.2, -0.15) is 0 Å². The molecule has 0 radical (unpaired) electrons. The third kappa shape index (κ3) is 1.88. The van der Waals surface area contributed by atoms with Crippen molar-refractivity contribution in [2.45, 2.75) is 18.9 Å². The molecular formula is C16H17N7O. The molecule has 8 heteroatoms. The molecule has 3 aromatic rings. The highest BCUT2D eigenvalue weighted by atomic mass is 16.1. The van der Waals surface area contributed by atoms with Crippen molar-refractivity contribution in [3.63, 3.8) is 0 Å². The molecule has 0 spiro atoms. The molecule has 0 aromatic carbocycles. The molecule has 1 saturated heterocycles. The lowest BCUT2D eigenvalue weighted by atomic mass is 9.83. The molecule has 24 heavy (non-hydrogen) atoms. The second kappa shape index (κ2) is 4.86. The van der Waals surface area contributed by atoms with Gasteiger partial charge < -0.3 is 9.47 Å². The molecule has 0 aliphatic carbocycles. The van der Waals surface area contributed by atoms with Crippen LogP contribution in [-0.2, 0) is 13.6 Å². The molecule has 3 aromatic heterocycles. The minimum absolute atomic E-state index is 0.106. The monoisotopic (exact) mass is 323 g/mol. The zero-order chi connectivity index (χ0) is 16.3. The van der Waals surface area contributed by atoms with Crippen LogP contribution in [0.1, 0.15) is 18.0 Å². The summed E-state index contributed by atoms with van der Waals surface area (Å²) in [6.07, 6.45) is 2.69. The molecule has 0 saturated carbocycles. The number of anilines is 1. The highest BCUT2D eigenvalue weighted by Crippen LogP contribution is 2.37. The molecule has 0 N–H and O–H groups in total. The van der Waals surface area contributed by atoms with Crippen molar-refractivity contribution >= 4 is 17.0 Å². The van der Waals surface area contributed by atoms with Gasteiger partial charge in [0.05, 0.1) is 0 Å². The average Bonchev–Trinajstić information content (AvgIpc) is 2.97. The zero-order valence-corrected chi connectivity index (χ0v) is 13.3. The first kappa shape index (κ1) is 13.6. The van der Waals surface area contributed by atoms with E-state index in [2.05, 4.69) is 31.2 Å². The van der Waals surface area contributed by atoms with Crippen LogP contribution in [0, 0.1) is 5.92 Å². The Hall–Kier alpha value is -2.77. The maximum Gasteiger partial charge on any atom is 0.250 e. The van der Waals surface area contributed by atoms with Crippen molar-refractivity contribution in [1.29, 1.82) is 0 Å². The van der Waals surface area contributed by atoms with Gasteiger partial charge in [0.15, 0.2) is 17.0 Å². The first-order chi connectivity index (χ1) is 11.7. The molecular weight excluding hydrogens is 306 g/mol. The summed E-state index contributed by atoms with van der Waals surface area (Å²) in [6, 6.07) is 5.58. The number of nitrogens with zero attached hydrogens (tertiary/aromatic N) is 7. The Morgan fingerprint density at radius 3 is 3.00 bits per heavy atom. The second-order valence-electron chi connectivity index (χ2n) is 6.69. The summed E-state index contributed by atoms with van der Waals surface area (Å²) in [4.78, 5) is 23.2. The van der Waals surface area contributed by atoms with E-state index in [1.165, 1.54) is 0 Å². The summed E-state index contributed by atoms with van der Waals surface area (Å²) in [7, 11) is 1.83. The number of hydrogen-bond acceptors (Lipinski definition) is 6. The normalized spacial score (nSPS) is 22.6. The van der Waals surface area contributed by atoms with Crippen LogP contribution in [0.25, 0.3) is 11.2 Å². The number of rotatable bonds is 1. The van der Waals surface area contributed by atoms with Crippen molar-refractivity contribution in [2.75, 3.05) is 18.0 Å². The molecule has 0 amide bonds. The third-order valence-electron chi connectivity index (χ3n) is 5.15. The predicted molar refractivity (Wildman–Crippen MR) is 87.9 cm³/mol. The van der Waals surface area contributed by atoms with E-state index in [1.807, 2.05) is 17.7 Å². The molecule has 1 fully saturated rings. The summed E-state index contributed by atoms with van der Waals surface area (Å²) in [6.45, 7) is 2.49. The van der Waals surface area contributed by atoms with Gasteiger partial charge in [-0.15, -0.1) is 5.10 Å². The lowest BCUT2D eigenvalue weighted by Gasteiger charge is -2.43. The molecule has 2 atom stereocenters. The summed E-state index contributed by atoms with van der Waals surface area (Å²) < 4.78 is 3.61. The van der Waals surface area contributed by atoms with Gasteiger partial charge >= 0.3 is 0 Å². The molecule has 2 aliphatic rings. The number of aryl methyl sites for hydroxylation is 1. The number of fused-ring (bicyclic) bond motifs is 5. The van der Waals surface area contributed by atoms with Crippen LogP contribution in [0.3, 0.4) is 0 Å². The third-order valence-corrected chi connectivity index (χ3v) is 5.15. The Bertz CT molecular complexity index is 991. The number of hydrogen-bond donors (Lipinski definition) is 0. The van der Waals surface area contributed by atoms with E-state index >= 15 is 0 Å². The minimum atomic E-state index is 0.106. The maximum absolute atomic E-state index is 12.1. The highest BCUT2D eigenvalue weighted by molar-refractivity contribution is 5.82. The van der Waals surface area contributed by atoms with Crippen LogP contribution >= 0.6 is 0 Å². The molecule has 2 unspecified atom stereocenters. The fourth-order valence-corrected chi connectivity index (χ4v) is 4.14. The van der Waals surface area contributed by atoms with Crippen molar-refractivity contribution in [3.8, 4) is 0 Å². The minimum Gasteiger partial charge on any atom is -0.354 e. The quantitative estimate of drug-likeness (QED) is 0.650. The van der Waals surface area contributed by atoms with E-state index in [-0.39, 0.29) is 5.56 Å². The summed E-state index contributed by atoms with van der Waals surface area (Å²) in [5.74, 6) is 1.63. The fraction of sp³-hybridized carbons (Fsp3) is 0.438. The van der Waals surface area contributed by atoms with Crippen molar-refractivity contribution in [1.82, 2.24) is 29.5 Å². The smallest absolute Gasteiger partial charge is 0.250 e. The first-order valence-corrected chi connectivity index (χ1v) is 8.16. The van der Waals surface area contributed by atoms with Gasteiger partial charge in [0.2, 0.25) is 0 Å².